The van der Waals surface area contributed by atoms with E-state index >= 15 is 0 Å². The third kappa shape index (κ3) is 4.88. The van der Waals surface area contributed by atoms with E-state index in [4.69, 9.17) is 4.74 Å². The SMILES string of the molecule is CCCCC(=O)OC(CC)=NC. The normalized spacial score (nSPS) is 11.4. The summed E-state index contributed by atoms with van der Waals surface area (Å²) in [6.45, 7) is 3.96. The number of rotatable bonds is 4. The Morgan fingerprint density at radius 3 is 2.50 bits per heavy atom. The molecule has 0 fully saturated rings. The predicted molar refractivity (Wildman–Crippen MR) is 49.3 cm³/mol. The molecule has 0 radical (unpaired) electrons. The molecule has 0 atom stereocenters. The monoisotopic (exact) mass is 171 g/mol. The van der Waals surface area contributed by atoms with Gasteiger partial charge in [0.2, 0.25) is 0 Å². The number of aliphatic imine (C=N–C) groups is 1. The standard InChI is InChI=1S/C9H17NO2/c1-4-6-7-9(11)12-8(5-2)10-3/h4-7H2,1-3H3. The molecule has 0 aliphatic carbocycles. The van der Waals surface area contributed by atoms with Crippen molar-refractivity contribution in [3.63, 3.8) is 0 Å². The van der Waals surface area contributed by atoms with Crippen molar-refractivity contribution in [2.24, 2.45) is 4.99 Å². The van der Waals surface area contributed by atoms with Gasteiger partial charge in [0.15, 0.2) is 5.90 Å². The fraction of sp³-hybridized carbons (Fsp3) is 0.778. The highest BCUT2D eigenvalue weighted by Gasteiger charge is 2.04. The van der Waals surface area contributed by atoms with E-state index in [-0.39, 0.29) is 5.97 Å². The maximum absolute atomic E-state index is 11.0. The predicted octanol–water partition coefficient (Wildman–Crippen LogP) is 2.16. The van der Waals surface area contributed by atoms with Crippen molar-refractivity contribution in [1.82, 2.24) is 0 Å². The van der Waals surface area contributed by atoms with E-state index in [2.05, 4.69) is 4.99 Å². The molecular formula is C9H17NO2. The number of esters is 1. The van der Waals surface area contributed by atoms with Crippen LogP contribution in [0.1, 0.15) is 39.5 Å². The first kappa shape index (κ1) is 11.1. The van der Waals surface area contributed by atoms with Crippen LogP contribution in [0, 0.1) is 0 Å². The largest absolute Gasteiger partial charge is 0.412 e. The molecule has 12 heavy (non-hydrogen) atoms. The van der Waals surface area contributed by atoms with E-state index in [0.29, 0.717) is 18.7 Å². The third-order valence-electron chi connectivity index (χ3n) is 1.52. The van der Waals surface area contributed by atoms with Crippen molar-refractivity contribution in [2.45, 2.75) is 39.5 Å². The van der Waals surface area contributed by atoms with Crippen LogP contribution in [-0.2, 0) is 9.53 Å². The Morgan fingerprint density at radius 2 is 2.08 bits per heavy atom. The number of ether oxygens (including phenoxy) is 1. The fourth-order valence-corrected chi connectivity index (χ4v) is 0.779. The van der Waals surface area contributed by atoms with Crippen LogP contribution < -0.4 is 0 Å². The van der Waals surface area contributed by atoms with Crippen LogP contribution in [0.3, 0.4) is 0 Å². The van der Waals surface area contributed by atoms with E-state index in [1.807, 2.05) is 13.8 Å². The quantitative estimate of drug-likeness (QED) is 0.369. The highest BCUT2D eigenvalue weighted by molar-refractivity contribution is 5.88. The van der Waals surface area contributed by atoms with Crippen molar-refractivity contribution >= 4 is 11.9 Å². The maximum Gasteiger partial charge on any atom is 0.312 e. The van der Waals surface area contributed by atoms with Crippen LogP contribution in [0.4, 0.5) is 0 Å². The van der Waals surface area contributed by atoms with E-state index in [1.54, 1.807) is 7.05 Å². The molecule has 0 N–H and O–H groups in total. The zero-order valence-electron chi connectivity index (χ0n) is 8.09. The van der Waals surface area contributed by atoms with Crippen molar-refractivity contribution in [1.29, 1.82) is 0 Å². The van der Waals surface area contributed by atoms with Crippen molar-refractivity contribution in [2.75, 3.05) is 7.05 Å². The second-order valence-electron chi connectivity index (χ2n) is 2.55. The lowest BCUT2D eigenvalue weighted by atomic mass is 10.2. The molecular weight excluding hydrogens is 154 g/mol. The van der Waals surface area contributed by atoms with Crippen molar-refractivity contribution < 1.29 is 9.53 Å². The fourth-order valence-electron chi connectivity index (χ4n) is 0.779. The lowest BCUT2D eigenvalue weighted by Crippen LogP contribution is -2.11. The highest BCUT2D eigenvalue weighted by Crippen LogP contribution is 1.98. The summed E-state index contributed by atoms with van der Waals surface area (Å²) in [5, 5.41) is 0. The van der Waals surface area contributed by atoms with E-state index < -0.39 is 0 Å². The minimum Gasteiger partial charge on any atom is -0.412 e. The average molecular weight is 171 g/mol. The first-order valence-electron chi connectivity index (χ1n) is 4.40. The second-order valence-corrected chi connectivity index (χ2v) is 2.55. The van der Waals surface area contributed by atoms with Gasteiger partial charge in [-0.25, -0.2) is 0 Å². The topological polar surface area (TPSA) is 38.7 Å². The molecule has 0 aromatic heterocycles. The number of carbonyl (C=O) groups is 1. The van der Waals surface area contributed by atoms with Gasteiger partial charge in [0.25, 0.3) is 0 Å². The number of carbonyl (C=O) groups excluding carboxylic acids is 1. The molecule has 0 spiro atoms. The molecule has 0 aliphatic rings. The zero-order chi connectivity index (χ0) is 9.40. The van der Waals surface area contributed by atoms with Crippen LogP contribution >= 0.6 is 0 Å². The lowest BCUT2D eigenvalue weighted by Gasteiger charge is -2.03. The van der Waals surface area contributed by atoms with E-state index in [9.17, 15) is 4.79 Å². The minimum atomic E-state index is -0.167. The summed E-state index contributed by atoms with van der Waals surface area (Å²) in [5.41, 5.74) is 0. The van der Waals surface area contributed by atoms with Gasteiger partial charge in [0.1, 0.15) is 0 Å². The van der Waals surface area contributed by atoms with Gasteiger partial charge >= 0.3 is 5.97 Å². The van der Waals surface area contributed by atoms with Gasteiger partial charge in [-0.15, -0.1) is 0 Å². The summed E-state index contributed by atoms with van der Waals surface area (Å²) in [6.07, 6.45) is 3.07. The molecule has 0 rings (SSSR count). The molecule has 0 heterocycles. The van der Waals surface area contributed by atoms with Gasteiger partial charge in [-0.3, -0.25) is 9.79 Å². The average Bonchev–Trinajstić information content (AvgIpc) is 2.10. The van der Waals surface area contributed by atoms with Gasteiger partial charge in [-0.2, -0.15) is 0 Å². The number of hydrogen-bond acceptors (Lipinski definition) is 3. The molecule has 70 valence electrons. The van der Waals surface area contributed by atoms with Gasteiger partial charge in [-0.05, 0) is 6.42 Å². The molecule has 0 bridgehead atoms. The molecule has 0 aromatic rings. The molecule has 0 saturated heterocycles. The van der Waals surface area contributed by atoms with Crippen LogP contribution in [0.25, 0.3) is 0 Å². The third-order valence-corrected chi connectivity index (χ3v) is 1.52. The molecule has 0 aromatic carbocycles. The van der Waals surface area contributed by atoms with Crippen LogP contribution in [0.5, 0.6) is 0 Å². The molecule has 0 aliphatic heterocycles. The Kier molecular flexibility index (Phi) is 6.34. The Bertz CT molecular complexity index is 164. The second kappa shape index (κ2) is 6.83. The van der Waals surface area contributed by atoms with Gasteiger partial charge in [0, 0.05) is 19.9 Å². The van der Waals surface area contributed by atoms with E-state index in [1.165, 1.54) is 0 Å². The summed E-state index contributed by atoms with van der Waals surface area (Å²) in [4.78, 5) is 14.9. The Morgan fingerprint density at radius 1 is 1.42 bits per heavy atom. The molecule has 3 nitrogen and oxygen atoms in total. The molecule has 3 heteroatoms. The number of nitrogens with zero attached hydrogens (tertiary/aromatic N) is 1. The minimum absolute atomic E-state index is 0.167. The van der Waals surface area contributed by atoms with Gasteiger partial charge in [0.05, 0.1) is 0 Å². The summed E-state index contributed by atoms with van der Waals surface area (Å²) in [6, 6.07) is 0. The summed E-state index contributed by atoms with van der Waals surface area (Å²) in [7, 11) is 1.63. The lowest BCUT2D eigenvalue weighted by molar-refractivity contribution is -0.135. The maximum atomic E-state index is 11.0. The smallest absolute Gasteiger partial charge is 0.312 e. The molecule has 0 unspecified atom stereocenters. The van der Waals surface area contributed by atoms with Crippen LogP contribution in [0.15, 0.2) is 4.99 Å². The summed E-state index contributed by atoms with van der Waals surface area (Å²) >= 11 is 0. The van der Waals surface area contributed by atoms with Crippen LogP contribution in [0.2, 0.25) is 0 Å². The highest BCUT2D eigenvalue weighted by atomic mass is 16.5. The Hall–Kier alpha value is -0.860. The number of hydrogen-bond donors (Lipinski definition) is 0. The Balaban J connectivity index is 3.67. The molecule has 0 saturated carbocycles. The van der Waals surface area contributed by atoms with Crippen LogP contribution in [-0.4, -0.2) is 18.9 Å². The zero-order valence-corrected chi connectivity index (χ0v) is 8.09. The van der Waals surface area contributed by atoms with Gasteiger partial charge < -0.3 is 4.74 Å². The molecule has 0 amide bonds. The summed E-state index contributed by atoms with van der Waals surface area (Å²) < 4.78 is 4.96. The van der Waals surface area contributed by atoms with Gasteiger partial charge in [-0.1, -0.05) is 20.3 Å². The Labute approximate surface area is 73.8 Å². The number of unbranched alkanes of at least 4 members (excludes halogenated alkanes) is 1. The first-order chi connectivity index (χ1) is 5.74. The van der Waals surface area contributed by atoms with Crippen molar-refractivity contribution in [3.8, 4) is 0 Å². The van der Waals surface area contributed by atoms with E-state index in [0.717, 1.165) is 12.8 Å². The van der Waals surface area contributed by atoms with Crippen molar-refractivity contribution in [3.05, 3.63) is 0 Å². The first-order valence-corrected chi connectivity index (χ1v) is 4.40. The summed E-state index contributed by atoms with van der Waals surface area (Å²) in [5.74, 6) is 0.357.